The van der Waals surface area contributed by atoms with Gasteiger partial charge in [0.15, 0.2) is 0 Å². The summed E-state index contributed by atoms with van der Waals surface area (Å²) in [5.74, 6) is 0.877. The van der Waals surface area contributed by atoms with Crippen LogP contribution in [-0.2, 0) is 9.73 Å². The summed E-state index contributed by atoms with van der Waals surface area (Å²) in [4.78, 5) is 0. The SMILES string of the molecule is CCN=S1(=O)CCC(C)(F)CC1. The third-order valence-corrected chi connectivity index (χ3v) is 4.66. The minimum atomic E-state index is -2.03. The molecule has 0 amide bonds. The van der Waals surface area contributed by atoms with E-state index in [1.807, 2.05) is 6.92 Å². The van der Waals surface area contributed by atoms with Crippen molar-refractivity contribution >= 4 is 9.73 Å². The normalized spacial score (nSPS) is 42.6. The van der Waals surface area contributed by atoms with E-state index in [1.165, 1.54) is 0 Å². The molecular formula is C8H16FNOS. The molecule has 1 fully saturated rings. The summed E-state index contributed by atoms with van der Waals surface area (Å²) < 4.78 is 29.1. The summed E-state index contributed by atoms with van der Waals surface area (Å²) in [6.45, 7) is 4.04. The van der Waals surface area contributed by atoms with Gasteiger partial charge in [-0.25, -0.2) is 13.0 Å². The summed E-state index contributed by atoms with van der Waals surface area (Å²) in [7, 11) is -2.03. The molecule has 4 heteroatoms. The highest BCUT2D eigenvalue weighted by molar-refractivity contribution is 7.93. The van der Waals surface area contributed by atoms with Gasteiger partial charge in [-0.1, -0.05) is 0 Å². The molecule has 0 atom stereocenters. The van der Waals surface area contributed by atoms with Crippen molar-refractivity contribution in [3.63, 3.8) is 0 Å². The number of hydrogen-bond acceptors (Lipinski definition) is 2. The van der Waals surface area contributed by atoms with E-state index in [0.29, 0.717) is 30.9 Å². The monoisotopic (exact) mass is 193 g/mol. The smallest absolute Gasteiger partial charge is 0.110 e. The predicted octanol–water partition coefficient (Wildman–Crippen LogP) is 2.00. The number of rotatable bonds is 1. The van der Waals surface area contributed by atoms with Gasteiger partial charge in [-0.3, -0.25) is 0 Å². The van der Waals surface area contributed by atoms with Crippen LogP contribution in [0.5, 0.6) is 0 Å². The first-order valence-electron chi connectivity index (χ1n) is 4.35. The predicted molar refractivity (Wildman–Crippen MR) is 49.6 cm³/mol. The molecule has 1 saturated heterocycles. The zero-order valence-corrected chi connectivity index (χ0v) is 8.49. The van der Waals surface area contributed by atoms with Crippen LogP contribution in [-0.4, -0.2) is 27.9 Å². The van der Waals surface area contributed by atoms with Crippen molar-refractivity contribution in [2.45, 2.75) is 32.4 Å². The Morgan fingerprint density at radius 3 is 2.42 bits per heavy atom. The molecule has 12 heavy (non-hydrogen) atoms. The zero-order valence-electron chi connectivity index (χ0n) is 7.68. The van der Waals surface area contributed by atoms with Gasteiger partial charge in [0.1, 0.15) is 5.67 Å². The lowest BCUT2D eigenvalue weighted by Gasteiger charge is -2.27. The minimum absolute atomic E-state index is 0.398. The fourth-order valence-corrected chi connectivity index (χ4v) is 3.76. The third kappa shape index (κ3) is 2.44. The van der Waals surface area contributed by atoms with E-state index in [9.17, 15) is 8.60 Å². The molecule has 0 bridgehead atoms. The molecule has 1 heterocycles. The van der Waals surface area contributed by atoms with Gasteiger partial charge in [0, 0.05) is 27.8 Å². The second kappa shape index (κ2) is 3.32. The Morgan fingerprint density at radius 2 is 2.00 bits per heavy atom. The molecular weight excluding hydrogens is 177 g/mol. The van der Waals surface area contributed by atoms with Gasteiger partial charge in [0.25, 0.3) is 0 Å². The molecule has 0 unspecified atom stereocenters. The van der Waals surface area contributed by atoms with Gasteiger partial charge in [-0.2, -0.15) is 0 Å². The van der Waals surface area contributed by atoms with Crippen LogP contribution in [0.2, 0.25) is 0 Å². The van der Waals surface area contributed by atoms with Crippen molar-refractivity contribution in [1.82, 2.24) is 0 Å². The van der Waals surface area contributed by atoms with Crippen LogP contribution in [0.4, 0.5) is 4.39 Å². The molecule has 1 rings (SSSR count). The highest BCUT2D eigenvalue weighted by atomic mass is 32.2. The number of hydrogen-bond donors (Lipinski definition) is 0. The van der Waals surface area contributed by atoms with Gasteiger partial charge < -0.3 is 0 Å². The Kier molecular flexibility index (Phi) is 2.76. The second-order valence-corrected chi connectivity index (χ2v) is 6.16. The molecule has 1 aliphatic heterocycles. The van der Waals surface area contributed by atoms with Gasteiger partial charge >= 0.3 is 0 Å². The molecule has 0 radical (unpaired) electrons. The van der Waals surface area contributed by atoms with Crippen molar-refractivity contribution in [1.29, 1.82) is 0 Å². The first kappa shape index (κ1) is 9.96. The maximum atomic E-state index is 13.3. The first-order chi connectivity index (χ1) is 5.47. The zero-order chi connectivity index (χ0) is 9.24. The van der Waals surface area contributed by atoms with Crippen LogP contribution < -0.4 is 0 Å². The molecule has 1 aliphatic rings. The van der Waals surface area contributed by atoms with E-state index in [4.69, 9.17) is 0 Å². The maximum Gasteiger partial charge on any atom is 0.110 e. The van der Waals surface area contributed by atoms with Crippen molar-refractivity contribution in [3.8, 4) is 0 Å². The molecule has 2 nitrogen and oxygen atoms in total. The molecule has 0 aromatic heterocycles. The molecule has 0 aromatic carbocycles. The average Bonchev–Trinajstić information content (AvgIpc) is 1.98. The van der Waals surface area contributed by atoms with E-state index in [1.54, 1.807) is 6.92 Å². The van der Waals surface area contributed by atoms with E-state index < -0.39 is 15.4 Å². The first-order valence-corrected chi connectivity index (χ1v) is 6.20. The molecule has 72 valence electrons. The van der Waals surface area contributed by atoms with Gasteiger partial charge in [0.2, 0.25) is 0 Å². The Hall–Kier alpha value is -0.120. The molecule has 0 aromatic rings. The summed E-state index contributed by atoms with van der Waals surface area (Å²) >= 11 is 0. The van der Waals surface area contributed by atoms with E-state index in [-0.39, 0.29) is 0 Å². The number of alkyl halides is 1. The quantitative estimate of drug-likeness (QED) is 0.626. The average molecular weight is 193 g/mol. The van der Waals surface area contributed by atoms with E-state index in [2.05, 4.69) is 4.36 Å². The standard InChI is InChI=1S/C8H16FNOS/c1-3-10-12(11)6-4-8(2,9)5-7-12/h3-7H2,1-2H3. The topological polar surface area (TPSA) is 29.4 Å². The lowest BCUT2D eigenvalue weighted by molar-refractivity contribution is 0.174. The van der Waals surface area contributed by atoms with Crippen LogP contribution in [0.25, 0.3) is 0 Å². The van der Waals surface area contributed by atoms with Crippen LogP contribution in [0.3, 0.4) is 0 Å². The van der Waals surface area contributed by atoms with Crippen LogP contribution in [0.15, 0.2) is 4.36 Å². The van der Waals surface area contributed by atoms with Crippen LogP contribution in [0, 0.1) is 0 Å². The Morgan fingerprint density at radius 1 is 1.50 bits per heavy atom. The van der Waals surface area contributed by atoms with Crippen molar-refractivity contribution in [2.75, 3.05) is 18.1 Å². The summed E-state index contributed by atoms with van der Waals surface area (Å²) in [5, 5.41) is 0. The second-order valence-electron chi connectivity index (χ2n) is 3.54. The fourth-order valence-electron chi connectivity index (χ4n) is 1.34. The summed E-state index contributed by atoms with van der Waals surface area (Å²) in [6, 6.07) is 0. The number of nitrogens with zero attached hydrogens (tertiary/aromatic N) is 1. The van der Waals surface area contributed by atoms with Gasteiger partial charge in [0.05, 0.1) is 0 Å². The molecule has 0 saturated carbocycles. The van der Waals surface area contributed by atoms with Crippen molar-refractivity contribution < 1.29 is 8.60 Å². The molecule has 0 aliphatic carbocycles. The Balaban J connectivity index is 2.69. The van der Waals surface area contributed by atoms with Crippen LogP contribution >= 0.6 is 0 Å². The lowest BCUT2D eigenvalue weighted by atomic mass is 10.0. The van der Waals surface area contributed by atoms with Crippen LogP contribution in [0.1, 0.15) is 26.7 Å². The minimum Gasteiger partial charge on any atom is -0.250 e. The Bertz CT molecular complexity index is 250. The van der Waals surface area contributed by atoms with Crippen molar-refractivity contribution in [3.05, 3.63) is 0 Å². The number of halogens is 1. The van der Waals surface area contributed by atoms with Crippen molar-refractivity contribution in [2.24, 2.45) is 4.36 Å². The largest absolute Gasteiger partial charge is 0.250 e. The molecule has 0 spiro atoms. The third-order valence-electron chi connectivity index (χ3n) is 2.25. The van der Waals surface area contributed by atoms with E-state index >= 15 is 0 Å². The van der Waals surface area contributed by atoms with Gasteiger partial charge in [-0.05, 0) is 26.7 Å². The highest BCUT2D eigenvalue weighted by Gasteiger charge is 2.31. The summed E-state index contributed by atoms with van der Waals surface area (Å²) in [6.07, 6.45) is 0.796. The van der Waals surface area contributed by atoms with Gasteiger partial charge in [-0.15, -0.1) is 0 Å². The highest BCUT2D eigenvalue weighted by Crippen LogP contribution is 2.27. The van der Waals surface area contributed by atoms with E-state index in [0.717, 1.165) is 0 Å². The maximum absolute atomic E-state index is 13.3. The fraction of sp³-hybridized carbons (Fsp3) is 1.00. The molecule has 0 N–H and O–H groups in total. The Labute approximate surface area is 73.7 Å². The summed E-state index contributed by atoms with van der Waals surface area (Å²) in [5.41, 5.74) is -1.11. The lowest BCUT2D eigenvalue weighted by Crippen LogP contribution is -2.32.